The Morgan fingerprint density at radius 1 is 1.26 bits per heavy atom. The average Bonchev–Trinajstić information content (AvgIpc) is 2.72. The molecule has 0 aromatic rings. The summed E-state index contributed by atoms with van der Waals surface area (Å²) in [6, 6.07) is 0.623. The van der Waals surface area contributed by atoms with Gasteiger partial charge < -0.3 is 15.0 Å². The molecule has 2 unspecified atom stereocenters. The Labute approximate surface area is 119 Å². The Balaban J connectivity index is 1.72. The second-order valence-electron chi connectivity index (χ2n) is 7.30. The molecule has 19 heavy (non-hydrogen) atoms. The lowest BCUT2D eigenvalue weighted by Gasteiger charge is -2.33. The van der Waals surface area contributed by atoms with Gasteiger partial charge in [0, 0.05) is 19.2 Å². The van der Waals surface area contributed by atoms with E-state index in [1.807, 2.05) is 0 Å². The molecule has 0 aromatic heterocycles. The highest BCUT2D eigenvalue weighted by molar-refractivity contribution is 4.85. The predicted octanol–water partition coefficient (Wildman–Crippen LogP) is 2.66. The lowest BCUT2D eigenvalue weighted by Crippen LogP contribution is -2.46. The van der Waals surface area contributed by atoms with Crippen LogP contribution in [0.4, 0.5) is 0 Å². The van der Waals surface area contributed by atoms with E-state index in [1.165, 1.54) is 58.3 Å². The van der Waals surface area contributed by atoms with Crippen LogP contribution in [0.2, 0.25) is 0 Å². The Morgan fingerprint density at radius 3 is 2.79 bits per heavy atom. The predicted molar refractivity (Wildman–Crippen MR) is 80.5 cm³/mol. The van der Waals surface area contributed by atoms with Crippen LogP contribution < -0.4 is 5.32 Å². The molecule has 0 bridgehead atoms. The Hall–Kier alpha value is -0.120. The minimum absolute atomic E-state index is 0.358. The van der Waals surface area contributed by atoms with E-state index < -0.39 is 0 Å². The van der Waals surface area contributed by atoms with Crippen LogP contribution in [-0.2, 0) is 4.74 Å². The van der Waals surface area contributed by atoms with E-state index in [2.05, 4.69) is 31.0 Å². The molecule has 2 aliphatic heterocycles. The summed E-state index contributed by atoms with van der Waals surface area (Å²) in [5.74, 6) is 0. The number of hydrogen-bond donors (Lipinski definition) is 1. The van der Waals surface area contributed by atoms with Gasteiger partial charge in [-0.3, -0.25) is 0 Å². The molecule has 0 saturated carbocycles. The maximum absolute atomic E-state index is 5.71. The van der Waals surface area contributed by atoms with Gasteiger partial charge in [0.15, 0.2) is 0 Å². The Morgan fingerprint density at radius 2 is 2.11 bits per heavy atom. The van der Waals surface area contributed by atoms with Gasteiger partial charge in [-0.25, -0.2) is 0 Å². The van der Waals surface area contributed by atoms with Gasteiger partial charge in [-0.05, 0) is 57.2 Å². The van der Waals surface area contributed by atoms with Gasteiger partial charge in [0.2, 0.25) is 0 Å². The number of ether oxygens (including phenoxy) is 1. The summed E-state index contributed by atoms with van der Waals surface area (Å²) in [7, 11) is 0. The topological polar surface area (TPSA) is 24.5 Å². The standard InChI is InChI=1S/C16H32N2O/c1-16(2,3)15-13-18(11-6-9-17-15)10-4-7-14-8-5-12-19-14/h14-15,17H,4-13H2,1-3H3. The first-order chi connectivity index (χ1) is 9.05. The lowest BCUT2D eigenvalue weighted by molar-refractivity contribution is 0.0976. The Kier molecular flexibility index (Phi) is 5.67. The number of nitrogens with zero attached hydrogens (tertiary/aromatic N) is 1. The zero-order valence-corrected chi connectivity index (χ0v) is 13.1. The third-order valence-electron chi connectivity index (χ3n) is 4.55. The lowest BCUT2D eigenvalue weighted by atomic mass is 9.86. The summed E-state index contributed by atoms with van der Waals surface area (Å²) in [5.41, 5.74) is 0.358. The van der Waals surface area contributed by atoms with Gasteiger partial charge in [0.25, 0.3) is 0 Å². The molecule has 1 N–H and O–H groups in total. The number of rotatable bonds is 4. The van der Waals surface area contributed by atoms with Crippen LogP contribution in [0.5, 0.6) is 0 Å². The molecule has 2 heterocycles. The van der Waals surface area contributed by atoms with Crippen molar-refractivity contribution < 1.29 is 4.74 Å². The van der Waals surface area contributed by atoms with Gasteiger partial charge in [-0.2, -0.15) is 0 Å². The molecule has 0 amide bonds. The first-order valence-corrected chi connectivity index (χ1v) is 8.13. The molecule has 3 heteroatoms. The number of hydrogen-bond acceptors (Lipinski definition) is 3. The highest BCUT2D eigenvalue weighted by atomic mass is 16.5. The van der Waals surface area contributed by atoms with E-state index in [0.29, 0.717) is 17.6 Å². The minimum Gasteiger partial charge on any atom is -0.378 e. The second kappa shape index (κ2) is 7.05. The van der Waals surface area contributed by atoms with Crippen molar-refractivity contribution in [2.75, 3.05) is 32.8 Å². The summed E-state index contributed by atoms with van der Waals surface area (Å²) in [4.78, 5) is 2.66. The van der Waals surface area contributed by atoms with E-state index in [0.717, 1.165) is 6.61 Å². The molecule has 3 nitrogen and oxygen atoms in total. The minimum atomic E-state index is 0.358. The van der Waals surface area contributed by atoms with Crippen molar-refractivity contribution in [1.29, 1.82) is 0 Å². The van der Waals surface area contributed by atoms with Crippen molar-refractivity contribution >= 4 is 0 Å². The van der Waals surface area contributed by atoms with E-state index >= 15 is 0 Å². The van der Waals surface area contributed by atoms with Crippen molar-refractivity contribution in [2.45, 2.75) is 65.0 Å². The van der Waals surface area contributed by atoms with Crippen LogP contribution in [0.3, 0.4) is 0 Å². The fourth-order valence-corrected chi connectivity index (χ4v) is 3.19. The van der Waals surface area contributed by atoms with Crippen LogP contribution in [0.1, 0.15) is 52.9 Å². The van der Waals surface area contributed by atoms with Crippen LogP contribution >= 0.6 is 0 Å². The van der Waals surface area contributed by atoms with Crippen molar-refractivity contribution in [1.82, 2.24) is 10.2 Å². The molecular formula is C16H32N2O. The summed E-state index contributed by atoms with van der Waals surface area (Å²) in [6.45, 7) is 12.9. The van der Waals surface area contributed by atoms with Crippen LogP contribution in [0.25, 0.3) is 0 Å². The van der Waals surface area contributed by atoms with Crippen LogP contribution in [0, 0.1) is 5.41 Å². The summed E-state index contributed by atoms with van der Waals surface area (Å²) in [5, 5.41) is 3.72. The van der Waals surface area contributed by atoms with Crippen molar-refractivity contribution in [3.05, 3.63) is 0 Å². The maximum atomic E-state index is 5.71. The molecule has 2 atom stereocenters. The Bertz CT molecular complexity index is 256. The number of nitrogens with one attached hydrogen (secondary N) is 1. The van der Waals surface area contributed by atoms with Gasteiger partial charge in [-0.15, -0.1) is 0 Å². The van der Waals surface area contributed by atoms with E-state index in [1.54, 1.807) is 0 Å². The fourth-order valence-electron chi connectivity index (χ4n) is 3.19. The van der Waals surface area contributed by atoms with E-state index in [-0.39, 0.29) is 0 Å². The zero-order valence-electron chi connectivity index (χ0n) is 13.1. The van der Waals surface area contributed by atoms with Crippen molar-refractivity contribution in [2.24, 2.45) is 5.41 Å². The molecule has 0 spiro atoms. The average molecular weight is 268 g/mol. The molecule has 112 valence electrons. The third-order valence-corrected chi connectivity index (χ3v) is 4.55. The normalized spacial score (nSPS) is 30.5. The third kappa shape index (κ3) is 5.05. The van der Waals surface area contributed by atoms with Crippen molar-refractivity contribution in [3.63, 3.8) is 0 Å². The van der Waals surface area contributed by atoms with Gasteiger partial charge in [0.05, 0.1) is 6.10 Å². The van der Waals surface area contributed by atoms with E-state index in [9.17, 15) is 0 Å². The van der Waals surface area contributed by atoms with Crippen LogP contribution in [-0.4, -0.2) is 49.8 Å². The fraction of sp³-hybridized carbons (Fsp3) is 1.00. The first kappa shape index (κ1) is 15.3. The monoisotopic (exact) mass is 268 g/mol. The molecule has 2 fully saturated rings. The van der Waals surface area contributed by atoms with Gasteiger partial charge >= 0.3 is 0 Å². The smallest absolute Gasteiger partial charge is 0.0576 e. The second-order valence-corrected chi connectivity index (χ2v) is 7.30. The van der Waals surface area contributed by atoms with Gasteiger partial charge in [0.1, 0.15) is 0 Å². The summed E-state index contributed by atoms with van der Waals surface area (Å²) >= 11 is 0. The quantitative estimate of drug-likeness (QED) is 0.848. The largest absolute Gasteiger partial charge is 0.378 e. The van der Waals surface area contributed by atoms with Crippen molar-refractivity contribution in [3.8, 4) is 0 Å². The maximum Gasteiger partial charge on any atom is 0.0576 e. The molecule has 2 saturated heterocycles. The van der Waals surface area contributed by atoms with Gasteiger partial charge in [-0.1, -0.05) is 20.8 Å². The summed E-state index contributed by atoms with van der Waals surface area (Å²) in [6.07, 6.45) is 6.94. The molecule has 0 aliphatic carbocycles. The van der Waals surface area contributed by atoms with Crippen LogP contribution in [0.15, 0.2) is 0 Å². The molecule has 0 radical (unpaired) electrons. The highest BCUT2D eigenvalue weighted by Crippen LogP contribution is 2.22. The molecule has 2 aliphatic rings. The first-order valence-electron chi connectivity index (χ1n) is 8.13. The van der Waals surface area contributed by atoms with E-state index in [4.69, 9.17) is 4.74 Å². The molecular weight excluding hydrogens is 236 g/mol. The highest BCUT2D eigenvalue weighted by Gasteiger charge is 2.27. The summed E-state index contributed by atoms with van der Waals surface area (Å²) < 4.78 is 5.71. The zero-order chi connectivity index (χ0) is 13.7. The molecule has 2 rings (SSSR count). The molecule has 0 aromatic carbocycles. The SMILES string of the molecule is CC(C)(C)C1CN(CCCC2CCCO2)CCCN1.